The van der Waals surface area contributed by atoms with Crippen LogP contribution in [0.1, 0.15) is 42.5 Å². The third-order valence-electron chi connectivity index (χ3n) is 2.29. The number of nitrogens with two attached hydrogens (primary N) is 1. The van der Waals surface area contributed by atoms with Gasteiger partial charge in [0.15, 0.2) is 0 Å². The van der Waals surface area contributed by atoms with Crippen molar-refractivity contribution in [3.05, 3.63) is 23.0 Å². The van der Waals surface area contributed by atoms with E-state index in [2.05, 4.69) is 0 Å². The number of nitrogens with zero attached hydrogens (tertiary/aromatic N) is 1. The van der Waals surface area contributed by atoms with Crippen molar-refractivity contribution < 1.29 is 9.90 Å². The van der Waals surface area contributed by atoms with Crippen molar-refractivity contribution in [1.82, 2.24) is 4.68 Å². The van der Waals surface area contributed by atoms with E-state index in [-0.39, 0.29) is 11.0 Å². The molecule has 0 radical (unpaired) electrons. The fourth-order valence-electron chi connectivity index (χ4n) is 1.42. The van der Waals surface area contributed by atoms with Crippen LogP contribution in [0.4, 0.5) is 0 Å². The van der Waals surface area contributed by atoms with Gasteiger partial charge >= 0.3 is 5.97 Å². The molecule has 0 unspecified atom stereocenters. The Balaban J connectivity index is 3.37. The minimum absolute atomic E-state index is 0.146. The van der Waals surface area contributed by atoms with E-state index in [0.29, 0.717) is 5.69 Å². The van der Waals surface area contributed by atoms with Crippen LogP contribution in [0.25, 0.3) is 0 Å². The van der Waals surface area contributed by atoms with Gasteiger partial charge in [0.1, 0.15) is 0 Å². The Bertz CT molecular complexity index is 372. The monoisotopic (exact) mass is 196 g/mol. The van der Waals surface area contributed by atoms with Crippen molar-refractivity contribution in [1.29, 1.82) is 0 Å². The summed E-state index contributed by atoms with van der Waals surface area (Å²) in [6.45, 7) is 7.70. The molecule has 0 spiro atoms. The van der Waals surface area contributed by atoms with Crippen molar-refractivity contribution in [3.63, 3.8) is 0 Å². The average Bonchev–Trinajstić information content (AvgIpc) is 2.28. The summed E-state index contributed by atoms with van der Waals surface area (Å²) in [4.78, 5) is 10.8. The van der Waals surface area contributed by atoms with E-state index >= 15 is 0 Å². The van der Waals surface area contributed by atoms with Gasteiger partial charge in [0.05, 0.1) is 11.3 Å². The molecule has 0 bridgehead atoms. The Kier molecular flexibility index (Phi) is 2.31. The molecule has 0 aliphatic carbocycles. The average molecular weight is 196 g/mol. The topological polar surface area (TPSA) is 68.2 Å². The van der Waals surface area contributed by atoms with Gasteiger partial charge in [0, 0.05) is 11.1 Å². The Morgan fingerprint density at radius 2 is 2.00 bits per heavy atom. The highest BCUT2D eigenvalue weighted by Gasteiger charge is 2.23. The normalized spacial score (nSPS) is 11.7. The van der Waals surface area contributed by atoms with Gasteiger partial charge in [-0.3, -0.25) is 4.68 Å². The summed E-state index contributed by atoms with van der Waals surface area (Å²) in [6.07, 6.45) is 0. The zero-order chi connectivity index (χ0) is 11.1. The number of nitrogen functional groups attached to an aromatic ring is 1. The molecule has 0 saturated heterocycles. The maximum absolute atomic E-state index is 10.8. The van der Waals surface area contributed by atoms with Gasteiger partial charge in [-0.25, -0.2) is 4.79 Å². The molecule has 0 saturated carbocycles. The Hall–Kier alpha value is -1.45. The molecule has 1 aromatic rings. The number of carboxylic acids is 1. The second-order valence-electron chi connectivity index (χ2n) is 4.45. The third-order valence-corrected chi connectivity index (χ3v) is 2.29. The maximum Gasteiger partial charge on any atom is 0.337 e. The van der Waals surface area contributed by atoms with Gasteiger partial charge in [0.2, 0.25) is 0 Å². The minimum atomic E-state index is -0.933. The van der Waals surface area contributed by atoms with E-state index in [4.69, 9.17) is 10.9 Å². The molecule has 3 N–H and O–H groups in total. The van der Waals surface area contributed by atoms with Crippen LogP contribution in [0, 0.1) is 6.92 Å². The van der Waals surface area contributed by atoms with Crippen LogP contribution in [-0.4, -0.2) is 15.8 Å². The van der Waals surface area contributed by atoms with Crippen molar-refractivity contribution >= 4 is 5.97 Å². The molecule has 0 amide bonds. The van der Waals surface area contributed by atoms with Gasteiger partial charge in [-0.1, -0.05) is 20.8 Å². The summed E-state index contributed by atoms with van der Waals surface area (Å²) in [5, 5.41) is 8.90. The summed E-state index contributed by atoms with van der Waals surface area (Å²) < 4.78 is 1.45. The highest BCUT2D eigenvalue weighted by atomic mass is 16.4. The van der Waals surface area contributed by atoms with Crippen molar-refractivity contribution in [2.45, 2.75) is 33.1 Å². The van der Waals surface area contributed by atoms with E-state index in [1.807, 2.05) is 20.8 Å². The van der Waals surface area contributed by atoms with Crippen molar-refractivity contribution in [2.24, 2.45) is 0 Å². The third kappa shape index (κ3) is 1.60. The SMILES string of the molecule is Cc1c(C(=O)O)cc(C(C)(C)C)n1N. The van der Waals surface area contributed by atoms with Crippen LogP contribution in [0.5, 0.6) is 0 Å². The highest BCUT2D eigenvalue weighted by molar-refractivity contribution is 5.89. The first-order valence-electron chi connectivity index (χ1n) is 4.46. The van der Waals surface area contributed by atoms with Crippen LogP contribution in [0.2, 0.25) is 0 Å². The summed E-state index contributed by atoms with van der Waals surface area (Å²) >= 11 is 0. The number of aromatic carboxylic acids is 1. The largest absolute Gasteiger partial charge is 0.478 e. The molecule has 1 heterocycles. The number of aromatic nitrogens is 1. The molecule has 0 aromatic carbocycles. The van der Waals surface area contributed by atoms with E-state index in [1.54, 1.807) is 13.0 Å². The molecule has 1 aromatic heterocycles. The van der Waals surface area contributed by atoms with Crippen LogP contribution >= 0.6 is 0 Å². The molecule has 4 heteroatoms. The number of carbonyl (C=O) groups is 1. The summed E-state index contributed by atoms with van der Waals surface area (Å²) in [5.74, 6) is 4.85. The molecule has 0 fully saturated rings. The van der Waals surface area contributed by atoms with E-state index < -0.39 is 5.97 Å². The van der Waals surface area contributed by atoms with Gasteiger partial charge in [-0.05, 0) is 13.0 Å². The van der Waals surface area contributed by atoms with Crippen LogP contribution in [0.15, 0.2) is 6.07 Å². The minimum Gasteiger partial charge on any atom is -0.478 e. The number of hydrogen-bond donors (Lipinski definition) is 2. The number of hydrogen-bond acceptors (Lipinski definition) is 2. The van der Waals surface area contributed by atoms with Gasteiger partial charge in [0.25, 0.3) is 0 Å². The second-order valence-corrected chi connectivity index (χ2v) is 4.45. The van der Waals surface area contributed by atoms with Crippen molar-refractivity contribution in [2.75, 3.05) is 5.84 Å². The highest BCUT2D eigenvalue weighted by Crippen LogP contribution is 2.25. The number of carboxylic acid groups (broad SMARTS) is 1. The lowest BCUT2D eigenvalue weighted by molar-refractivity contribution is 0.0696. The lowest BCUT2D eigenvalue weighted by Gasteiger charge is -2.19. The number of rotatable bonds is 1. The Morgan fingerprint density at radius 3 is 2.21 bits per heavy atom. The zero-order valence-electron chi connectivity index (χ0n) is 8.96. The first-order chi connectivity index (χ1) is 6.25. The first-order valence-corrected chi connectivity index (χ1v) is 4.46. The smallest absolute Gasteiger partial charge is 0.337 e. The zero-order valence-corrected chi connectivity index (χ0v) is 8.96. The summed E-state index contributed by atoms with van der Waals surface area (Å²) in [6, 6.07) is 1.64. The van der Waals surface area contributed by atoms with E-state index in [9.17, 15) is 4.79 Å². The second kappa shape index (κ2) is 3.04. The lowest BCUT2D eigenvalue weighted by atomic mass is 9.92. The quantitative estimate of drug-likeness (QED) is 0.669. The predicted octanol–water partition coefficient (Wildman–Crippen LogP) is 1.51. The lowest BCUT2D eigenvalue weighted by Crippen LogP contribution is -2.23. The summed E-state index contributed by atoms with van der Waals surface area (Å²) in [7, 11) is 0. The standard InChI is InChI=1S/C10H16N2O2/c1-6-7(9(13)14)5-8(12(6)11)10(2,3)4/h5H,11H2,1-4H3,(H,13,14). The molecular weight excluding hydrogens is 180 g/mol. The first kappa shape index (κ1) is 10.6. The molecule has 1 rings (SSSR count). The predicted molar refractivity (Wildman–Crippen MR) is 55.0 cm³/mol. The van der Waals surface area contributed by atoms with Crippen LogP contribution in [0.3, 0.4) is 0 Å². The van der Waals surface area contributed by atoms with E-state index in [1.165, 1.54) is 4.68 Å². The van der Waals surface area contributed by atoms with E-state index in [0.717, 1.165) is 5.69 Å². The molecular formula is C10H16N2O2. The van der Waals surface area contributed by atoms with Crippen LogP contribution in [-0.2, 0) is 5.41 Å². The van der Waals surface area contributed by atoms with Gasteiger partial charge in [-0.2, -0.15) is 0 Å². The molecule has 14 heavy (non-hydrogen) atoms. The van der Waals surface area contributed by atoms with Gasteiger partial charge < -0.3 is 10.9 Å². The van der Waals surface area contributed by atoms with Gasteiger partial charge in [-0.15, -0.1) is 0 Å². The van der Waals surface area contributed by atoms with Crippen LogP contribution < -0.4 is 5.84 Å². The molecule has 0 atom stereocenters. The fourth-order valence-corrected chi connectivity index (χ4v) is 1.42. The Morgan fingerprint density at radius 1 is 1.50 bits per heavy atom. The molecule has 0 aliphatic heterocycles. The Labute approximate surface area is 83.3 Å². The molecule has 78 valence electrons. The molecule has 4 nitrogen and oxygen atoms in total. The van der Waals surface area contributed by atoms with Crippen molar-refractivity contribution in [3.8, 4) is 0 Å². The maximum atomic E-state index is 10.8. The molecule has 0 aliphatic rings. The fraction of sp³-hybridized carbons (Fsp3) is 0.500. The summed E-state index contributed by atoms with van der Waals surface area (Å²) in [5.41, 5.74) is 1.54.